The number of rotatable bonds is 3. The van der Waals surface area contributed by atoms with Crippen molar-refractivity contribution in [2.24, 2.45) is 0 Å². The van der Waals surface area contributed by atoms with Crippen LogP contribution in [0.5, 0.6) is 0 Å². The highest BCUT2D eigenvalue weighted by Crippen LogP contribution is 2.37. The lowest BCUT2D eigenvalue weighted by molar-refractivity contribution is 0.0928. The third-order valence-corrected chi connectivity index (χ3v) is 5.71. The van der Waals surface area contributed by atoms with E-state index in [9.17, 15) is 10.1 Å². The van der Waals surface area contributed by atoms with E-state index in [4.69, 9.17) is 34.8 Å². The SMILES string of the molecule is N#CN1[C@H]2CC[C@@H]1[C@H](NC(=O)c1cn(-c3cc(Cl)cc(Cl)c3)nc1Cl)C2. The van der Waals surface area contributed by atoms with Crippen LogP contribution in [-0.4, -0.2) is 38.7 Å². The van der Waals surface area contributed by atoms with Crippen LogP contribution in [-0.2, 0) is 0 Å². The predicted molar refractivity (Wildman–Crippen MR) is 98.7 cm³/mol. The van der Waals surface area contributed by atoms with E-state index in [0.717, 1.165) is 19.3 Å². The molecule has 9 heteroatoms. The lowest BCUT2D eigenvalue weighted by Crippen LogP contribution is -2.43. The van der Waals surface area contributed by atoms with Gasteiger partial charge in [-0.2, -0.15) is 10.4 Å². The molecule has 4 rings (SSSR count). The minimum absolute atomic E-state index is 0.0547. The smallest absolute Gasteiger partial charge is 0.256 e. The number of nitrogens with zero attached hydrogens (tertiary/aromatic N) is 4. The normalized spacial score (nSPS) is 23.9. The van der Waals surface area contributed by atoms with Crippen molar-refractivity contribution in [2.75, 3.05) is 0 Å². The van der Waals surface area contributed by atoms with Crippen molar-refractivity contribution in [3.63, 3.8) is 0 Å². The van der Waals surface area contributed by atoms with Crippen molar-refractivity contribution >= 4 is 40.7 Å². The minimum Gasteiger partial charge on any atom is -0.347 e. The van der Waals surface area contributed by atoms with Gasteiger partial charge in [0.2, 0.25) is 0 Å². The monoisotopic (exact) mass is 409 g/mol. The molecule has 3 heterocycles. The summed E-state index contributed by atoms with van der Waals surface area (Å²) >= 11 is 18.2. The van der Waals surface area contributed by atoms with Crippen molar-refractivity contribution in [3.05, 3.63) is 45.2 Å². The summed E-state index contributed by atoms with van der Waals surface area (Å²) in [5.74, 6) is -0.301. The second kappa shape index (κ2) is 6.66. The van der Waals surface area contributed by atoms with Gasteiger partial charge in [0.05, 0.1) is 23.3 Å². The Kier molecular flexibility index (Phi) is 4.47. The van der Waals surface area contributed by atoms with Crippen molar-refractivity contribution in [1.82, 2.24) is 20.0 Å². The fourth-order valence-corrected chi connectivity index (χ4v) is 4.59. The molecule has 1 amide bonds. The van der Waals surface area contributed by atoms with Gasteiger partial charge in [-0.15, -0.1) is 0 Å². The Hall–Kier alpha value is -1.94. The van der Waals surface area contributed by atoms with Gasteiger partial charge >= 0.3 is 0 Å². The van der Waals surface area contributed by atoms with E-state index in [1.807, 2.05) is 0 Å². The van der Waals surface area contributed by atoms with E-state index < -0.39 is 0 Å². The van der Waals surface area contributed by atoms with Crippen LogP contribution in [0.25, 0.3) is 5.69 Å². The zero-order chi connectivity index (χ0) is 18.4. The average Bonchev–Trinajstić information content (AvgIpc) is 3.25. The number of nitrogens with one attached hydrogen (secondary N) is 1. The van der Waals surface area contributed by atoms with Gasteiger partial charge in [-0.3, -0.25) is 4.79 Å². The van der Waals surface area contributed by atoms with E-state index in [1.54, 1.807) is 29.3 Å². The number of hydrogen-bond donors (Lipinski definition) is 1. The number of carbonyl (C=O) groups excluding carboxylic acids is 1. The lowest BCUT2D eigenvalue weighted by Gasteiger charge is -2.21. The molecule has 1 aromatic heterocycles. The van der Waals surface area contributed by atoms with Gasteiger partial charge in [0.15, 0.2) is 11.3 Å². The first-order chi connectivity index (χ1) is 12.5. The molecule has 0 unspecified atom stereocenters. The van der Waals surface area contributed by atoms with Gasteiger partial charge < -0.3 is 10.2 Å². The fraction of sp³-hybridized carbons (Fsp3) is 0.353. The summed E-state index contributed by atoms with van der Waals surface area (Å²) in [5, 5.41) is 17.4. The van der Waals surface area contributed by atoms with Crippen LogP contribution < -0.4 is 5.32 Å². The van der Waals surface area contributed by atoms with Crippen LogP contribution in [0.3, 0.4) is 0 Å². The summed E-state index contributed by atoms with van der Waals surface area (Å²) < 4.78 is 1.47. The zero-order valence-corrected chi connectivity index (χ0v) is 15.8. The van der Waals surface area contributed by atoms with E-state index in [-0.39, 0.29) is 34.7 Å². The number of hydrogen-bond acceptors (Lipinski definition) is 4. The Morgan fingerprint density at radius 1 is 1.23 bits per heavy atom. The van der Waals surface area contributed by atoms with Crippen molar-refractivity contribution in [2.45, 2.75) is 37.4 Å². The van der Waals surface area contributed by atoms with E-state index in [0.29, 0.717) is 15.7 Å². The topological polar surface area (TPSA) is 74.0 Å². The van der Waals surface area contributed by atoms with Crippen molar-refractivity contribution in [3.8, 4) is 11.9 Å². The number of fused-ring (bicyclic) bond motifs is 2. The Balaban J connectivity index is 1.54. The molecule has 26 heavy (non-hydrogen) atoms. The summed E-state index contributed by atoms with van der Waals surface area (Å²) in [7, 11) is 0. The number of aromatic nitrogens is 2. The average molecular weight is 411 g/mol. The maximum atomic E-state index is 12.7. The Labute approximate surface area is 165 Å². The van der Waals surface area contributed by atoms with E-state index in [2.05, 4.69) is 16.6 Å². The molecule has 0 radical (unpaired) electrons. The van der Waals surface area contributed by atoms with Gasteiger partial charge in [-0.25, -0.2) is 4.68 Å². The molecule has 0 saturated carbocycles. The molecule has 2 bridgehead atoms. The second-order valence-corrected chi connectivity index (χ2v) is 7.76. The minimum atomic E-state index is -0.301. The first-order valence-electron chi connectivity index (χ1n) is 8.17. The van der Waals surface area contributed by atoms with Crippen LogP contribution >= 0.6 is 34.8 Å². The summed E-state index contributed by atoms with van der Waals surface area (Å²) in [6, 6.07) is 5.21. The Morgan fingerprint density at radius 3 is 2.62 bits per heavy atom. The number of benzene rings is 1. The molecule has 1 aromatic carbocycles. The van der Waals surface area contributed by atoms with Gasteiger partial charge in [-0.1, -0.05) is 34.8 Å². The van der Waals surface area contributed by atoms with E-state index in [1.165, 1.54) is 4.68 Å². The van der Waals surface area contributed by atoms with Crippen molar-refractivity contribution < 1.29 is 4.79 Å². The highest BCUT2D eigenvalue weighted by molar-refractivity contribution is 6.35. The first kappa shape index (κ1) is 17.5. The third-order valence-electron chi connectivity index (χ3n) is 4.99. The maximum Gasteiger partial charge on any atom is 0.256 e. The molecule has 2 aliphatic rings. The summed E-state index contributed by atoms with van der Waals surface area (Å²) in [4.78, 5) is 14.5. The molecule has 0 spiro atoms. The molecule has 2 aliphatic heterocycles. The predicted octanol–water partition coefficient (Wildman–Crippen LogP) is 3.65. The third kappa shape index (κ3) is 3.01. The van der Waals surface area contributed by atoms with Crippen molar-refractivity contribution in [1.29, 1.82) is 5.26 Å². The fourth-order valence-electron chi connectivity index (χ4n) is 3.85. The Morgan fingerprint density at radius 2 is 1.96 bits per heavy atom. The largest absolute Gasteiger partial charge is 0.347 e. The van der Waals surface area contributed by atoms with Crippen LogP contribution in [0.15, 0.2) is 24.4 Å². The highest BCUT2D eigenvalue weighted by atomic mass is 35.5. The van der Waals surface area contributed by atoms with Gasteiger partial charge in [0.25, 0.3) is 5.91 Å². The molecule has 0 aliphatic carbocycles. The second-order valence-electron chi connectivity index (χ2n) is 6.53. The highest BCUT2D eigenvalue weighted by Gasteiger charge is 2.46. The molecule has 2 fully saturated rings. The zero-order valence-electron chi connectivity index (χ0n) is 13.5. The molecule has 2 saturated heterocycles. The standard InChI is InChI=1S/C17H14Cl3N5O/c18-9-3-10(19)5-12(4-9)25-7-13(16(20)23-25)17(26)22-14-6-11-1-2-15(14)24(11)8-21/h3-5,7,11,14-15H,1-2,6H2,(H,22,26)/t11-,14+,15+/m0/s1. The molecule has 3 atom stereocenters. The first-order valence-corrected chi connectivity index (χ1v) is 9.30. The van der Waals surface area contributed by atoms with Crippen LogP contribution in [0, 0.1) is 11.5 Å². The summed E-state index contributed by atoms with van der Waals surface area (Å²) in [6.07, 6.45) is 6.47. The van der Waals surface area contributed by atoms with E-state index >= 15 is 0 Å². The van der Waals surface area contributed by atoms with Crippen LogP contribution in [0.4, 0.5) is 0 Å². The molecular formula is C17H14Cl3N5O. The number of amides is 1. The lowest BCUT2D eigenvalue weighted by atomic mass is 9.95. The summed E-state index contributed by atoms with van der Waals surface area (Å²) in [6.45, 7) is 0. The molecule has 1 N–H and O–H groups in total. The molecule has 6 nitrogen and oxygen atoms in total. The quantitative estimate of drug-likeness (QED) is 0.784. The van der Waals surface area contributed by atoms with Crippen LogP contribution in [0.1, 0.15) is 29.6 Å². The maximum absolute atomic E-state index is 12.7. The number of carbonyl (C=O) groups is 1. The molecule has 2 aromatic rings. The van der Waals surface area contributed by atoms with Gasteiger partial charge in [0, 0.05) is 22.3 Å². The molecule has 134 valence electrons. The number of nitriles is 1. The molecular weight excluding hydrogens is 397 g/mol. The van der Waals surface area contributed by atoms with Gasteiger partial charge in [0.1, 0.15) is 0 Å². The Bertz CT molecular complexity index is 901. The number of halogens is 3. The van der Waals surface area contributed by atoms with Crippen LogP contribution in [0.2, 0.25) is 15.2 Å². The summed E-state index contributed by atoms with van der Waals surface area (Å²) in [5.41, 5.74) is 0.882. The van der Waals surface area contributed by atoms with Gasteiger partial charge in [-0.05, 0) is 37.5 Å².